The number of rotatable bonds is 7. The number of carbonyl (C=O) groups is 2. The third-order valence-corrected chi connectivity index (χ3v) is 2.27. The van der Waals surface area contributed by atoms with E-state index in [9.17, 15) is 9.59 Å². The molecule has 0 aromatic heterocycles. The molecule has 1 amide bonds. The zero-order valence-corrected chi connectivity index (χ0v) is 10.5. The summed E-state index contributed by atoms with van der Waals surface area (Å²) in [5.41, 5.74) is 5.17. The molecular weight excluding hydrogens is 208 g/mol. The number of hydrogen-bond acceptors (Lipinski definition) is 4. The summed E-state index contributed by atoms with van der Waals surface area (Å²) >= 11 is 0. The van der Waals surface area contributed by atoms with Crippen LogP contribution in [0.2, 0.25) is 0 Å². The van der Waals surface area contributed by atoms with Crippen molar-refractivity contribution in [2.75, 3.05) is 20.2 Å². The summed E-state index contributed by atoms with van der Waals surface area (Å²) in [5.74, 6) is -0.234. The van der Waals surface area contributed by atoms with Gasteiger partial charge in [0.2, 0.25) is 5.91 Å². The maximum Gasteiger partial charge on any atom is 0.307 e. The molecular formula is C11H22N2O3. The quantitative estimate of drug-likeness (QED) is 0.642. The van der Waals surface area contributed by atoms with Crippen LogP contribution in [-0.2, 0) is 14.3 Å². The molecule has 5 nitrogen and oxygen atoms in total. The molecule has 2 N–H and O–H groups in total. The molecule has 0 fully saturated rings. The van der Waals surface area contributed by atoms with Gasteiger partial charge in [0.1, 0.15) is 0 Å². The molecule has 1 unspecified atom stereocenters. The van der Waals surface area contributed by atoms with Gasteiger partial charge >= 0.3 is 5.97 Å². The van der Waals surface area contributed by atoms with Crippen molar-refractivity contribution in [2.24, 2.45) is 11.7 Å². The van der Waals surface area contributed by atoms with E-state index < -0.39 is 0 Å². The van der Waals surface area contributed by atoms with E-state index in [4.69, 9.17) is 5.73 Å². The minimum Gasteiger partial charge on any atom is -0.469 e. The number of amides is 1. The fourth-order valence-corrected chi connectivity index (χ4v) is 1.52. The third-order valence-electron chi connectivity index (χ3n) is 2.27. The van der Waals surface area contributed by atoms with E-state index in [1.54, 1.807) is 0 Å². The summed E-state index contributed by atoms with van der Waals surface area (Å²) in [6.45, 7) is 6.91. The first-order valence-corrected chi connectivity index (χ1v) is 5.46. The lowest BCUT2D eigenvalue weighted by molar-refractivity contribution is -0.142. The molecule has 0 aliphatic carbocycles. The van der Waals surface area contributed by atoms with E-state index in [0.717, 1.165) is 6.54 Å². The number of nitrogens with two attached hydrogens (primary N) is 1. The molecule has 0 saturated carbocycles. The van der Waals surface area contributed by atoms with Gasteiger partial charge in [-0.1, -0.05) is 13.8 Å². The molecule has 0 bridgehead atoms. The van der Waals surface area contributed by atoms with Crippen molar-refractivity contribution in [1.29, 1.82) is 0 Å². The standard InChI is InChI=1S/C11H22N2O3/c1-8(2)6-13(7-10(12)14)9(3)5-11(15)16-4/h8-9H,5-7H2,1-4H3,(H2,12,14). The van der Waals surface area contributed by atoms with Crippen LogP contribution in [-0.4, -0.2) is 43.0 Å². The van der Waals surface area contributed by atoms with Crippen molar-refractivity contribution in [3.63, 3.8) is 0 Å². The Balaban J connectivity index is 4.36. The average molecular weight is 230 g/mol. The molecule has 0 heterocycles. The lowest BCUT2D eigenvalue weighted by Gasteiger charge is -2.28. The normalized spacial score (nSPS) is 12.9. The van der Waals surface area contributed by atoms with Crippen molar-refractivity contribution in [3.8, 4) is 0 Å². The zero-order chi connectivity index (χ0) is 12.7. The van der Waals surface area contributed by atoms with Gasteiger partial charge in [-0.15, -0.1) is 0 Å². The second-order valence-electron chi connectivity index (χ2n) is 4.42. The molecule has 0 aromatic rings. The van der Waals surface area contributed by atoms with Gasteiger partial charge in [0.25, 0.3) is 0 Å². The third kappa shape index (κ3) is 6.40. The SMILES string of the molecule is COC(=O)CC(C)N(CC(N)=O)CC(C)C. The van der Waals surface area contributed by atoms with Gasteiger partial charge in [-0.05, 0) is 12.8 Å². The topological polar surface area (TPSA) is 72.6 Å². The highest BCUT2D eigenvalue weighted by Gasteiger charge is 2.19. The van der Waals surface area contributed by atoms with Crippen LogP contribution >= 0.6 is 0 Å². The minimum absolute atomic E-state index is 0.0395. The molecule has 0 rings (SSSR count). The monoisotopic (exact) mass is 230 g/mol. The zero-order valence-electron chi connectivity index (χ0n) is 10.5. The van der Waals surface area contributed by atoms with E-state index in [0.29, 0.717) is 5.92 Å². The number of carbonyl (C=O) groups excluding carboxylic acids is 2. The highest BCUT2D eigenvalue weighted by molar-refractivity contribution is 5.76. The van der Waals surface area contributed by atoms with Gasteiger partial charge in [0.05, 0.1) is 20.1 Å². The molecule has 0 radical (unpaired) electrons. The van der Waals surface area contributed by atoms with E-state index in [-0.39, 0.29) is 30.9 Å². The maximum absolute atomic E-state index is 11.1. The van der Waals surface area contributed by atoms with Crippen LogP contribution in [0.15, 0.2) is 0 Å². The van der Waals surface area contributed by atoms with E-state index in [1.807, 2.05) is 11.8 Å². The van der Waals surface area contributed by atoms with Crippen molar-refractivity contribution in [2.45, 2.75) is 33.2 Å². The highest BCUT2D eigenvalue weighted by atomic mass is 16.5. The fraction of sp³-hybridized carbons (Fsp3) is 0.818. The summed E-state index contributed by atoms with van der Waals surface area (Å²) in [7, 11) is 1.36. The van der Waals surface area contributed by atoms with Crippen molar-refractivity contribution in [1.82, 2.24) is 4.90 Å². The van der Waals surface area contributed by atoms with E-state index >= 15 is 0 Å². The number of methoxy groups -OCH3 is 1. The Morgan fingerprint density at radius 2 is 1.88 bits per heavy atom. The Kier molecular flexibility index (Phi) is 6.72. The molecule has 0 aliphatic rings. The number of primary amides is 1. The number of ether oxygens (including phenoxy) is 1. The molecule has 16 heavy (non-hydrogen) atoms. The lowest BCUT2D eigenvalue weighted by Crippen LogP contribution is -2.42. The second-order valence-corrected chi connectivity index (χ2v) is 4.42. The first-order valence-electron chi connectivity index (χ1n) is 5.46. The maximum atomic E-state index is 11.1. The van der Waals surface area contributed by atoms with Gasteiger partial charge in [-0.25, -0.2) is 0 Å². The van der Waals surface area contributed by atoms with Crippen molar-refractivity contribution >= 4 is 11.9 Å². The molecule has 0 saturated heterocycles. The Hall–Kier alpha value is -1.10. The largest absolute Gasteiger partial charge is 0.469 e. The predicted octanol–water partition coefficient (Wildman–Crippen LogP) is 0.381. The van der Waals surface area contributed by atoms with Gasteiger partial charge < -0.3 is 10.5 Å². The smallest absolute Gasteiger partial charge is 0.307 e. The first-order chi connectivity index (χ1) is 7.36. The van der Waals surface area contributed by atoms with Gasteiger partial charge in [0.15, 0.2) is 0 Å². The van der Waals surface area contributed by atoms with E-state index in [2.05, 4.69) is 18.6 Å². The molecule has 5 heteroatoms. The highest BCUT2D eigenvalue weighted by Crippen LogP contribution is 2.08. The Bertz CT molecular complexity index is 241. The molecule has 1 atom stereocenters. The summed E-state index contributed by atoms with van der Waals surface area (Å²) < 4.78 is 4.60. The average Bonchev–Trinajstić information content (AvgIpc) is 2.15. The van der Waals surface area contributed by atoms with Crippen LogP contribution in [0, 0.1) is 5.92 Å². The Morgan fingerprint density at radius 3 is 2.25 bits per heavy atom. The minimum atomic E-state index is -0.377. The summed E-state index contributed by atoms with van der Waals surface area (Å²) in [6, 6.07) is -0.0395. The predicted molar refractivity (Wildman–Crippen MR) is 61.7 cm³/mol. The van der Waals surface area contributed by atoms with Crippen molar-refractivity contribution < 1.29 is 14.3 Å². The number of esters is 1. The number of hydrogen-bond donors (Lipinski definition) is 1. The van der Waals surface area contributed by atoms with Crippen molar-refractivity contribution in [3.05, 3.63) is 0 Å². The first kappa shape index (κ1) is 14.9. The van der Waals surface area contributed by atoms with Gasteiger partial charge in [0, 0.05) is 12.6 Å². The van der Waals surface area contributed by atoms with Crippen LogP contribution in [0.5, 0.6) is 0 Å². The molecule has 0 aromatic carbocycles. The fourth-order valence-electron chi connectivity index (χ4n) is 1.52. The van der Waals surface area contributed by atoms with Crippen LogP contribution in [0.1, 0.15) is 27.2 Å². The Morgan fingerprint density at radius 1 is 1.31 bits per heavy atom. The van der Waals surface area contributed by atoms with Gasteiger partial charge in [-0.2, -0.15) is 0 Å². The molecule has 0 spiro atoms. The van der Waals surface area contributed by atoms with Crippen LogP contribution < -0.4 is 5.73 Å². The van der Waals surface area contributed by atoms with E-state index in [1.165, 1.54) is 7.11 Å². The molecule has 94 valence electrons. The summed E-state index contributed by atoms with van der Waals surface area (Å²) in [6.07, 6.45) is 0.274. The van der Waals surface area contributed by atoms with Crippen LogP contribution in [0.25, 0.3) is 0 Å². The summed E-state index contributed by atoms with van der Waals surface area (Å²) in [5, 5.41) is 0. The molecule has 0 aliphatic heterocycles. The Labute approximate surface area is 96.9 Å². The number of nitrogens with zero attached hydrogens (tertiary/aromatic N) is 1. The van der Waals surface area contributed by atoms with Crippen LogP contribution in [0.3, 0.4) is 0 Å². The summed E-state index contributed by atoms with van der Waals surface area (Å²) in [4.78, 5) is 24.0. The second kappa shape index (κ2) is 7.22. The van der Waals surface area contributed by atoms with Crippen LogP contribution in [0.4, 0.5) is 0 Å². The lowest BCUT2D eigenvalue weighted by atomic mass is 10.1. The van der Waals surface area contributed by atoms with Gasteiger partial charge in [-0.3, -0.25) is 14.5 Å².